The smallest absolute Gasteiger partial charge is 0.269 e. The first kappa shape index (κ1) is 19.0. The van der Waals surface area contributed by atoms with E-state index >= 15 is 0 Å². The molecule has 0 aliphatic carbocycles. The van der Waals surface area contributed by atoms with Gasteiger partial charge in [-0.25, -0.2) is 0 Å². The molecule has 0 fully saturated rings. The zero-order valence-electron chi connectivity index (χ0n) is 15.9. The average Bonchev–Trinajstić information content (AvgIpc) is 3.16. The highest BCUT2D eigenvalue weighted by molar-refractivity contribution is 7.07. The second kappa shape index (κ2) is 8.37. The second-order valence-electron chi connectivity index (χ2n) is 6.80. The summed E-state index contributed by atoms with van der Waals surface area (Å²) in [6.45, 7) is 4.86. The van der Waals surface area contributed by atoms with Crippen LogP contribution in [-0.2, 0) is 19.5 Å². The van der Waals surface area contributed by atoms with Crippen LogP contribution in [0.3, 0.4) is 0 Å². The van der Waals surface area contributed by atoms with Crippen LogP contribution >= 0.6 is 11.3 Å². The van der Waals surface area contributed by atoms with Gasteiger partial charge in [0.15, 0.2) is 5.82 Å². The van der Waals surface area contributed by atoms with Crippen LogP contribution in [0.15, 0.2) is 42.0 Å². The van der Waals surface area contributed by atoms with Gasteiger partial charge in [-0.05, 0) is 30.5 Å². The van der Waals surface area contributed by atoms with Crippen molar-refractivity contribution >= 4 is 23.0 Å². The Morgan fingerprint density at radius 2 is 2.24 bits per heavy atom. The van der Waals surface area contributed by atoms with Crippen LogP contribution in [0.1, 0.15) is 36.5 Å². The van der Waals surface area contributed by atoms with E-state index in [2.05, 4.69) is 27.8 Å². The van der Waals surface area contributed by atoms with Gasteiger partial charge in [0.2, 0.25) is 0 Å². The zero-order valence-corrected chi connectivity index (χ0v) is 16.7. The lowest BCUT2D eigenvalue weighted by Crippen LogP contribution is -2.32. The maximum atomic E-state index is 13.0. The third kappa shape index (κ3) is 3.69. The highest BCUT2D eigenvalue weighted by Crippen LogP contribution is 2.18. The molecule has 0 spiro atoms. The number of allylic oxidation sites excluding steroid dienone is 1. The highest BCUT2D eigenvalue weighted by atomic mass is 32.1. The molecule has 3 aromatic rings. The summed E-state index contributed by atoms with van der Waals surface area (Å²) >= 11 is 1.29. The van der Waals surface area contributed by atoms with Crippen molar-refractivity contribution in [2.75, 3.05) is 0 Å². The van der Waals surface area contributed by atoms with Crippen LogP contribution in [-0.4, -0.2) is 24.3 Å². The lowest BCUT2D eigenvalue weighted by molar-refractivity contribution is 0.626. The van der Waals surface area contributed by atoms with Crippen LogP contribution in [0, 0.1) is 11.3 Å². The lowest BCUT2D eigenvalue weighted by Gasteiger charge is -2.06. The van der Waals surface area contributed by atoms with Crippen LogP contribution in [0.4, 0.5) is 0 Å². The molecule has 29 heavy (non-hydrogen) atoms. The van der Waals surface area contributed by atoms with Crippen LogP contribution in [0.5, 0.6) is 0 Å². The van der Waals surface area contributed by atoms with Crippen molar-refractivity contribution in [1.29, 1.82) is 5.26 Å². The normalized spacial score (nSPS) is 15.3. The molecule has 0 radical (unpaired) electrons. The van der Waals surface area contributed by atoms with Gasteiger partial charge >= 0.3 is 0 Å². The predicted octanol–water partition coefficient (Wildman–Crippen LogP) is 1.36. The number of rotatable bonds is 4. The molecule has 0 saturated heterocycles. The van der Waals surface area contributed by atoms with Gasteiger partial charge < -0.3 is 4.57 Å². The van der Waals surface area contributed by atoms with E-state index in [-0.39, 0.29) is 5.56 Å². The highest BCUT2D eigenvalue weighted by Gasteiger charge is 2.20. The first-order valence-electron chi connectivity index (χ1n) is 9.52. The van der Waals surface area contributed by atoms with Crippen LogP contribution in [0.25, 0.3) is 11.6 Å². The summed E-state index contributed by atoms with van der Waals surface area (Å²) in [6.07, 6.45) is 10.9. The topological polar surface area (TPSA) is 89.4 Å². The molecule has 0 aromatic carbocycles. The third-order valence-electron chi connectivity index (χ3n) is 4.86. The molecule has 146 valence electrons. The van der Waals surface area contributed by atoms with Gasteiger partial charge in [0, 0.05) is 31.9 Å². The number of aryl methyl sites for hydroxylation is 1. The largest absolute Gasteiger partial charge is 0.310 e. The van der Waals surface area contributed by atoms with Crippen LogP contribution in [0.2, 0.25) is 0 Å². The van der Waals surface area contributed by atoms with Gasteiger partial charge in [0.05, 0.1) is 4.53 Å². The van der Waals surface area contributed by atoms with E-state index in [4.69, 9.17) is 0 Å². The van der Waals surface area contributed by atoms with E-state index in [0.717, 1.165) is 43.6 Å². The van der Waals surface area contributed by atoms with E-state index in [1.54, 1.807) is 29.1 Å². The average molecular weight is 404 g/mol. The van der Waals surface area contributed by atoms with Crippen molar-refractivity contribution in [1.82, 2.24) is 24.3 Å². The van der Waals surface area contributed by atoms with E-state index in [1.165, 1.54) is 11.3 Å². The Balaban J connectivity index is 1.99. The van der Waals surface area contributed by atoms with Gasteiger partial charge in [0.25, 0.3) is 5.56 Å². The zero-order chi connectivity index (χ0) is 20.2. The number of pyridine rings is 1. The molecule has 7 nitrogen and oxygen atoms in total. The molecular weight excluding hydrogens is 384 g/mol. The Bertz CT molecular complexity index is 1260. The predicted molar refractivity (Wildman–Crippen MR) is 112 cm³/mol. The first-order chi connectivity index (χ1) is 14.2. The molecular formula is C21H20N6OS. The number of fused-ring (bicyclic) bond motifs is 1. The Kier molecular flexibility index (Phi) is 5.49. The van der Waals surface area contributed by atoms with E-state index in [0.29, 0.717) is 27.1 Å². The molecule has 0 bridgehead atoms. The lowest BCUT2D eigenvalue weighted by atomic mass is 10.2. The van der Waals surface area contributed by atoms with E-state index < -0.39 is 0 Å². The van der Waals surface area contributed by atoms with E-state index in [1.807, 2.05) is 16.7 Å². The minimum Gasteiger partial charge on any atom is -0.310 e. The Morgan fingerprint density at radius 1 is 1.34 bits per heavy atom. The van der Waals surface area contributed by atoms with Crippen molar-refractivity contribution in [3.05, 3.63) is 73.9 Å². The molecule has 4 heterocycles. The number of aromatic nitrogens is 5. The van der Waals surface area contributed by atoms with Gasteiger partial charge in [-0.15, -0.1) is 28.1 Å². The minimum atomic E-state index is -0.155. The van der Waals surface area contributed by atoms with Gasteiger partial charge in [-0.1, -0.05) is 18.6 Å². The third-order valence-corrected chi connectivity index (χ3v) is 5.99. The Hall–Kier alpha value is -3.31. The standard InChI is InChI=1S/C21H20N6OS/c1-2-10-27-20(28)17(12-15-7-6-9-23-14-15)29-21(27)16(13-22)19-25-24-18-8-4-3-5-11-26(18)19/h2,6-7,9,12,14H,1,3-5,8,10-11H2. The maximum absolute atomic E-state index is 13.0. The quantitative estimate of drug-likeness (QED) is 0.613. The summed E-state index contributed by atoms with van der Waals surface area (Å²) in [4.78, 5) is 17.1. The molecule has 0 amide bonds. The maximum Gasteiger partial charge on any atom is 0.269 e. The molecule has 0 unspecified atom stereocenters. The summed E-state index contributed by atoms with van der Waals surface area (Å²) < 4.78 is 4.72. The number of thiazole rings is 1. The number of hydrogen-bond donors (Lipinski definition) is 0. The van der Waals surface area contributed by atoms with Crippen molar-refractivity contribution < 1.29 is 0 Å². The summed E-state index contributed by atoms with van der Waals surface area (Å²) in [6, 6.07) is 5.98. The van der Waals surface area contributed by atoms with Gasteiger partial charge in [0.1, 0.15) is 22.1 Å². The SMILES string of the molecule is C=CCn1c(=C(C#N)c2nnc3n2CCCCC3)sc(=Cc2cccnc2)c1=O. The summed E-state index contributed by atoms with van der Waals surface area (Å²) in [5.74, 6) is 1.44. The summed E-state index contributed by atoms with van der Waals surface area (Å²) in [5.41, 5.74) is 1.05. The number of nitriles is 1. The van der Waals surface area contributed by atoms with Crippen molar-refractivity contribution in [3.63, 3.8) is 0 Å². The molecule has 0 saturated carbocycles. The first-order valence-corrected chi connectivity index (χ1v) is 10.3. The van der Waals surface area contributed by atoms with E-state index in [9.17, 15) is 10.1 Å². The fourth-order valence-corrected chi connectivity index (χ4v) is 4.58. The molecule has 3 aromatic heterocycles. The van der Waals surface area contributed by atoms with Crippen molar-refractivity contribution in [3.8, 4) is 6.07 Å². The Morgan fingerprint density at radius 3 is 3.00 bits per heavy atom. The summed E-state index contributed by atoms with van der Waals surface area (Å²) in [7, 11) is 0. The van der Waals surface area contributed by atoms with Crippen LogP contribution < -0.4 is 14.8 Å². The Labute approximate surface area is 171 Å². The second-order valence-corrected chi connectivity index (χ2v) is 7.83. The van der Waals surface area contributed by atoms with Crippen molar-refractivity contribution in [2.24, 2.45) is 0 Å². The fourth-order valence-electron chi connectivity index (χ4n) is 3.48. The molecule has 0 N–H and O–H groups in total. The molecule has 1 aliphatic rings. The molecule has 4 rings (SSSR count). The number of nitrogens with zero attached hydrogens (tertiary/aromatic N) is 6. The molecule has 8 heteroatoms. The monoisotopic (exact) mass is 404 g/mol. The molecule has 1 aliphatic heterocycles. The number of hydrogen-bond acceptors (Lipinski definition) is 6. The van der Waals surface area contributed by atoms with Gasteiger partial charge in [-0.2, -0.15) is 5.26 Å². The van der Waals surface area contributed by atoms with Gasteiger partial charge in [-0.3, -0.25) is 14.3 Å². The molecule has 0 atom stereocenters. The summed E-state index contributed by atoms with van der Waals surface area (Å²) in [5, 5.41) is 18.6. The minimum absolute atomic E-state index is 0.155. The fraction of sp³-hybridized carbons (Fsp3) is 0.286. The van der Waals surface area contributed by atoms with Crippen molar-refractivity contribution in [2.45, 2.75) is 38.8 Å².